The number of allylic oxidation sites excluding steroid dienone is 1. The lowest BCUT2D eigenvalue weighted by atomic mass is 10.2. The quantitative estimate of drug-likeness (QED) is 0.248. The molecule has 0 aromatic carbocycles. The van der Waals surface area contributed by atoms with Gasteiger partial charge >= 0.3 is 0 Å². The third-order valence-electron chi connectivity index (χ3n) is 9.89. The van der Waals surface area contributed by atoms with Crippen LogP contribution < -0.4 is 31.9 Å². The fourth-order valence-corrected chi connectivity index (χ4v) is 6.06. The molecule has 7 rings (SSSR count). The van der Waals surface area contributed by atoms with Gasteiger partial charge in [-0.3, -0.25) is 0 Å². The van der Waals surface area contributed by atoms with Gasteiger partial charge in [-0.15, -0.1) is 0 Å². The number of piperazine rings is 4. The van der Waals surface area contributed by atoms with Crippen LogP contribution in [0.1, 0.15) is 58.8 Å². The zero-order chi connectivity index (χ0) is 37.0. The van der Waals surface area contributed by atoms with E-state index in [0.717, 1.165) is 78.7 Å². The smallest absolute Gasteiger partial charge is 0.0591 e. The van der Waals surface area contributed by atoms with Crippen LogP contribution in [0.25, 0.3) is 0 Å². The van der Waals surface area contributed by atoms with Gasteiger partial charge < -0.3 is 61.1 Å². The summed E-state index contributed by atoms with van der Waals surface area (Å²) in [7, 11) is 6.49. The van der Waals surface area contributed by atoms with Crippen LogP contribution in [-0.2, 0) is 4.74 Å². The summed E-state index contributed by atoms with van der Waals surface area (Å²) < 4.78 is 5.01. The van der Waals surface area contributed by atoms with Crippen LogP contribution >= 0.6 is 0 Å². The van der Waals surface area contributed by atoms with Crippen molar-refractivity contribution in [3.8, 4) is 0 Å². The molecule has 0 saturated carbocycles. The van der Waals surface area contributed by atoms with Crippen molar-refractivity contribution >= 4 is 0 Å². The normalized spacial score (nSPS) is 23.7. The molecular formula is C39H87N11O. The highest BCUT2D eigenvalue weighted by atomic mass is 16.5. The molecule has 0 radical (unpaired) electrons. The molecule has 12 heteroatoms. The Kier molecular flexibility index (Phi) is 34.1. The van der Waals surface area contributed by atoms with Gasteiger partial charge in [0.1, 0.15) is 0 Å². The lowest BCUT2D eigenvalue weighted by Gasteiger charge is -2.31. The molecule has 304 valence electrons. The molecule has 7 fully saturated rings. The summed E-state index contributed by atoms with van der Waals surface area (Å²) in [4.78, 5) is 11.8. The number of nitrogens with one attached hydrogen (secondary N) is 6. The third-order valence-corrected chi connectivity index (χ3v) is 9.89. The molecule has 0 unspecified atom stereocenters. The van der Waals surface area contributed by atoms with Crippen molar-refractivity contribution in [3.05, 3.63) is 12.3 Å². The van der Waals surface area contributed by atoms with Gasteiger partial charge in [-0.2, -0.15) is 0 Å². The van der Waals surface area contributed by atoms with Gasteiger partial charge in [0.25, 0.3) is 0 Å². The minimum atomic E-state index is 0.889. The van der Waals surface area contributed by atoms with Crippen molar-refractivity contribution in [2.75, 3.05) is 185 Å². The van der Waals surface area contributed by atoms with E-state index in [-0.39, 0.29) is 0 Å². The predicted molar refractivity (Wildman–Crippen MR) is 221 cm³/mol. The first kappa shape index (κ1) is 48.1. The molecule has 12 nitrogen and oxygen atoms in total. The number of hydrogen-bond acceptors (Lipinski definition) is 12. The largest absolute Gasteiger partial charge is 0.379 e. The number of piperidine rings is 1. The van der Waals surface area contributed by atoms with E-state index >= 15 is 0 Å². The highest BCUT2D eigenvalue weighted by Crippen LogP contribution is 2.01. The first-order valence-corrected chi connectivity index (χ1v) is 20.9. The molecule has 51 heavy (non-hydrogen) atoms. The lowest BCUT2D eigenvalue weighted by molar-refractivity contribution is 0.109. The minimum absolute atomic E-state index is 0.889. The van der Waals surface area contributed by atoms with Gasteiger partial charge in [-0.1, -0.05) is 32.8 Å². The van der Waals surface area contributed by atoms with Crippen molar-refractivity contribution < 1.29 is 4.74 Å². The maximum atomic E-state index is 5.01. The van der Waals surface area contributed by atoms with Crippen LogP contribution in [0, 0.1) is 0 Å². The maximum absolute atomic E-state index is 5.01. The third kappa shape index (κ3) is 32.3. The first-order chi connectivity index (χ1) is 24.9. The summed E-state index contributed by atoms with van der Waals surface area (Å²) in [5, 5.41) is 19.6. The van der Waals surface area contributed by atoms with E-state index in [1.165, 1.54) is 136 Å². The Morgan fingerprint density at radius 1 is 0.451 bits per heavy atom. The van der Waals surface area contributed by atoms with E-state index in [1.807, 2.05) is 0 Å². The molecule has 6 N–H and O–H groups in total. The molecule has 0 spiro atoms. The molecule has 7 saturated heterocycles. The zero-order valence-corrected chi connectivity index (χ0v) is 34.5. The van der Waals surface area contributed by atoms with E-state index in [4.69, 9.17) is 4.74 Å². The standard InChI is InChI=1S/C7H14N2.C7H16N2.C6H13N.2C5H12N2.C5H11N.C4H9NO/c1-7(2)9-5-3-8-4-6-9;1-3-9-6-4-8(2)5-7-9;1-2-4-6-7-5-3-1;2*1-7-4-2-6-3-5-7;1-2-4-6-5-3-1;1-3-6-4-2-5-1/h8H,1,3-6H2,2H3;3-7H2,1-2H3;7H,1-6H2;2*6H,2-5H2,1H3;6H,1-5H2;5H,1-4H2. The molecule has 0 amide bonds. The summed E-state index contributed by atoms with van der Waals surface area (Å²) >= 11 is 0. The number of nitrogens with zero attached hydrogens (tertiary/aromatic N) is 5. The monoisotopic (exact) mass is 726 g/mol. The van der Waals surface area contributed by atoms with Gasteiger partial charge in [0, 0.05) is 124 Å². The Labute approximate surface area is 316 Å². The summed E-state index contributed by atoms with van der Waals surface area (Å²) in [6, 6.07) is 0. The fraction of sp³-hybridized carbons (Fsp3) is 0.949. The Hall–Kier alpha value is -0.900. The van der Waals surface area contributed by atoms with Crippen LogP contribution in [-0.4, -0.2) is 209 Å². The molecule has 7 aliphatic rings. The molecule has 0 aromatic heterocycles. The van der Waals surface area contributed by atoms with Crippen molar-refractivity contribution in [3.63, 3.8) is 0 Å². The average Bonchev–Trinajstić information content (AvgIpc) is 3.53. The van der Waals surface area contributed by atoms with Crippen molar-refractivity contribution in [1.29, 1.82) is 0 Å². The second-order valence-electron chi connectivity index (χ2n) is 14.7. The predicted octanol–water partition coefficient (Wildman–Crippen LogP) is 1.24. The zero-order valence-electron chi connectivity index (χ0n) is 34.5. The second-order valence-corrected chi connectivity index (χ2v) is 14.7. The van der Waals surface area contributed by atoms with E-state index < -0.39 is 0 Å². The fourth-order valence-electron chi connectivity index (χ4n) is 6.06. The molecule has 0 aliphatic carbocycles. The molecule has 7 aliphatic heterocycles. The Morgan fingerprint density at radius 3 is 1.04 bits per heavy atom. The highest BCUT2D eigenvalue weighted by molar-refractivity contribution is 4.90. The van der Waals surface area contributed by atoms with E-state index in [0.29, 0.717) is 0 Å². The van der Waals surface area contributed by atoms with Crippen LogP contribution in [0.15, 0.2) is 12.3 Å². The lowest BCUT2D eigenvalue weighted by Crippen LogP contribution is -2.44. The molecule has 0 aromatic rings. The average molecular weight is 726 g/mol. The Morgan fingerprint density at radius 2 is 0.784 bits per heavy atom. The van der Waals surface area contributed by atoms with Gasteiger partial charge in [0.15, 0.2) is 0 Å². The van der Waals surface area contributed by atoms with Gasteiger partial charge in [0.2, 0.25) is 0 Å². The molecule has 0 bridgehead atoms. The van der Waals surface area contributed by atoms with Crippen LogP contribution in [0.4, 0.5) is 0 Å². The van der Waals surface area contributed by atoms with Gasteiger partial charge in [0.05, 0.1) is 13.2 Å². The second kappa shape index (κ2) is 36.1. The SMILES string of the molecule is C1CCCNCC1.C1CCNCC1.C1COCCN1.C=C(C)N1CCNCC1.CCN1CCN(C)CC1.CN1CCNCC1.CN1CCNCC1. The highest BCUT2D eigenvalue weighted by Gasteiger charge is 2.10. The van der Waals surface area contributed by atoms with E-state index in [2.05, 4.69) is 98.0 Å². The van der Waals surface area contributed by atoms with Gasteiger partial charge in [-0.05, 0) is 86.5 Å². The molecule has 0 atom stereocenters. The number of rotatable bonds is 2. The van der Waals surface area contributed by atoms with Crippen LogP contribution in [0.2, 0.25) is 0 Å². The maximum Gasteiger partial charge on any atom is 0.0591 e. The van der Waals surface area contributed by atoms with E-state index in [9.17, 15) is 0 Å². The van der Waals surface area contributed by atoms with Gasteiger partial charge in [-0.25, -0.2) is 0 Å². The number of morpholine rings is 1. The summed E-state index contributed by atoms with van der Waals surface area (Å²) in [5.41, 5.74) is 1.19. The van der Waals surface area contributed by atoms with E-state index in [1.54, 1.807) is 0 Å². The minimum Gasteiger partial charge on any atom is -0.379 e. The van der Waals surface area contributed by atoms with Crippen molar-refractivity contribution in [1.82, 2.24) is 56.4 Å². The summed E-state index contributed by atoms with van der Waals surface area (Å²) in [6.45, 7) is 37.2. The van der Waals surface area contributed by atoms with Crippen LogP contribution in [0.3, 0.4) is 0 Å². The Balaban J connectivity index is 0.000000299. The summed E-state index contributed by atoms with van der Waals surface area (Å²) in [5.74, 6) is 0. The van der Waals surface area contributed by atoms with Crippen molar-refractivity contribution in [2.45, 2.75) is 58.8 Å². The topological polar surface area (TPSA) is 97.6 Å². The summed E-state index contributed by atoms with van der Waals surface area (Å²) in [6.07, 6.45) is 9.87. The first-order valence-electron chi connectivity index (χ1n) is 20.9. The molecule has 7 heterocycles. The van der Waals surface area contributed by atoms with Crippen molar-refractivity contribution in [2.24, 2.45) is 0 Å². The Bertz CT molecular complexity index is 645. The van der Waals surface area contributed by atoms with Crippen LogP contribution in [0.5, 0.6) is 0 Å². The number of likely N-dealkylation sites (N-methyl/N-ethyl adjacent to an activating group) is 4. The number of ether oxygens (including phenoxy) is 1. The number of hydrogen-bond donors (Lipinski definition) is 6. The molecular weight excluding hydrogens is 639 g/mol.